The molecular formula is C20H10Cl4N2OS. The second-order valence-corrected chi connectivity index (χ2v) is 8.54. The van der Waals surface area contributed by atoms with Gasteiger partial charge in [0, 0.05) is 11.1 Å². The first-order valence-electron chi connectivity index (χ1n) is 8.04. The molecule has 1 amide bonds. The molecule has 4 rings (SSSR count). The van der Waals surface area contributed by atoms with Gasteiger partial charge in [-0.2, -0.15) is 0 Å². The Morgan fingerprint density at radius 1 is 0.857 bits per heavy atom. The van der Waals surface area contributed by atoms with Crippen LogP contribution in [0.4, 0.5) is 5.69 Å². The highest BCUT2D eigenvalue weighted by Gasteiger charge is 2.16. The predicted octanol–water partition coefficient (Wildman–Crippen LogP) is 7.83. The van der Waals surface area contributed by atoms with Crippen LogP contribution in [0.15, 0.2) is 54.6 Å². The third kappa shape index (κ3) is 3.84. The van der Waals surface area contributed by atoms with E-state index >= 15 is 0 Å². The standard InChI is InChI=1S/C20H10Cl4N2OS/c21-12-6-5-10(7-14(12)23)19(27)25-17-8-11(13(22)9-15(17)24)20-26-16-3-1-2-4-18(16)28-20/h1-9H,(H,25,27). The molecule has 3 aromatic carbocycles. The largest absolute Gasteiger partial charge is 0.321 e. The highest BCUT2D eigenvalue weighted by molar-refractivity contribution is 7.21. The minimum atomic E-state index is -0.363. The van der Waals surface area contributed by atoms with E-state index in [1.165, 1.54) is 17.4 Å². The van der Waals surface area contributed by atoms with Gasteiger partial charge in [0.05, 0.1) is 36.0 Å². The van der Waals surface area contributed by atoms with E-state index in [0.717, 1.165) is 15.2 Å². The first-order valence-corrected chi connectivity index (χ1v) is 10.4. The van der Waals surface area contributed by atoms with Crippen LogP contribution in [0.1, 0.15) is 10.4 Å². The third-order valence-corrected chi connectivity index (χ3v) is 6.45. The monoisotopic (exact) mass is 466 g/mol. The van der Waals surface area contributed by atoms with Gasteiger partial charge < -0.3 is 5.32 Å². The number of para-hydroxylation sites is 1. The Bertz CT molecular complexity index is 1190. The van der Waals surface area contributed by atoms with Crippen molar-refractivity contribution in [2.75, 3.05) is 5.32 Å². The van der Waals surface area contributed by atoms with E-state index in [1.807, 2.05) is 24.3 Å². The van der Waals surface area contributed by atoms with E-state index in [0.29, 0.717) is 36.9 Å². The van der Waals surface area contributed by atoms with Gasteiger partial charge in [-0.1, -0.05) is 58.5 Å². The summed E-state index contributed by atoms with van der Waals surface area (Å²) in [6.07, 6.45) is 0. The van der Waals surface area contributed by atoms with Crippen molar-refractivity contribution in [3.63, 3.8) is 0 Å². The van der Waals surface area contributed by atoms with Crippen LogP contribution in [-0.2, 0) is 0 Å². The normalized spacial score (nSPS) is 11.0. The fourth-order valence-electron chi connectivity index (χ4n) is 2.63. The molecule has 3 nitrogen and oxygen atoms in total. The number of rotatable bonds is 3. The minimum Gasteiger partial charge on any atom is -0.321 e. The number of nitrogens with one attached hydrogen (secondary N) is 1. The summed E-state index contributed by atoms with van der Waals surface area (Å²) in [6, 6.07) is 15.8. The van der Waals surface area contributed by atoms with E-state index in [-0.39, 0.29) is 5.91 Å². The molecule has 4 aromatic rings. The first-order chi connectivity index (χ1) is 13.4. The van der Waals surface area contributed by atoms with Gasteiger partial charge in [0.1, 0.15) is 5.01 Å². The zero-order valence-electron chi connectivity index (χ0n) is 14.0. The summed E-state index contributed by atoms with van der Waals surface area (Å²) in [5, 5.41) is 4.98. The van der Waals surface area contributed by atoms with Crippen LogP contribution >= 0.6 is 57.7 Å². The van der Waals surface area contributed by atoms with Gasteiger partial charge in [0.25, 0.3) is 5.91 Å². The Morgan fingerprint density at radius 2 is 1.64 bits per heavy atom. The number of carbonyl (C=O) groups is 1. The van der Waals surface area contributed by atoms with Crippen LogP contribution in [0.3, 0.4) is 0 Å². The summed E-state index contributed by atoms with van der Waals surface area (Å²) >= 11 is 26.1. The summed E-state index contributed by atoms with van der Waals surface area (Å²) < 4.78 is 1.05. The zero-order valence-corrected chi connectivity index (χ0v) is 17.8. The lowest BCUT2D eigenvalue weighted by molar-refractivity contribution is 0.102. The Morgan fingerprint density at radius 3 is 2.39 bits per heavy atom. The fraction of sp³-hybridized carbons (Fsp3) is 0. The Hall–Kier alpha value is -1.82. The Kier molecular flexibility index (Phi) is 5.50. The number of hydrogen-bond acceptors (Lipinski definition) is 3. The van der Waals surface area contributed by atoms with Crippen molar-refractivity contribution >= 4 is 79.6 Å². The van der Waals surface area contributed by atoms with Crippen molar-refractivity contribution in [3.05, 3.63) is 80.3 Å². The summed E-state index contributed by atoms with van der Waals surface area (Å²) in [5.41, 5.74) is 2.37. The molecule has 0 unspecified atom stereocenters. The molecule has 1 heterocycles. The van der Waals surface area contributed by atoms with Gasteiger partial charge in [-0.3, -0.25) is 4.79 Å². The predicted molar refractivity (Wildman–Crippen MR) is 119 cm³/mol. The molecule has 0 atom stereocenters. The number of amides is 1. The molecule has 0 bridgehead atoms. The average molecular weight is 468 g/mol. The minimum absolute atomic E-state index is 0.298. The van der Waals surface area contributed by atoms with Gasteiger partial charge in [-0.15, -0.1) is 11.3 Å². The van der Waals surface area contributed by atoms with E-state index in [4.69, 9.17) is 46.4 Å². The number of hydrogen-bond donors (Lipinski definition) is 1. The molecule has 0 radical (unpaired) electrons. The zero-order chi connectivity index (χ0) is 19.8. The molecule has 1 aromatic heterocycles. The smallest absolute Gasteiger partial charge is 0.255 e. The van der Waals surface area contributed by atoms with Crippen LogP contribution in [0.2, 0.25) is 20.1 Å². The third-order valence-electron chi connectivity index (χ3n) is 4.01. The van der Waals surface area contributed by atoms with E-state index in [1.54, 1.807) is 24.3 Å². The molecule has 0 aliphatic carbocycles. The van der Waals surface area contributed by atoms with Crippen LogP contribution in [0.5, 0.6) is 0 Å². The lowest BCUT2D eigenvalue weighted by atomic mass is 10.1. The van der Waals surface area contributed by atoms with Crippen LogP contribution in [0, 0.1) is 0 Å². The van der Waals surface area contributed by atoms with Crippen molar-refractivity contribution in [1.82, 2.24) is 4.98 Å². The molecule has 140 valence electrons. The molecular weight excluding hydrogens is 458 g/mol. The molecule has 0 spiro atoms. The highest BCUT2D eigenvalue weighted by atomic mass is 35.5. The maximum atomic E-state index is 12.6. The number of aromatic nitrogens is 1. The topological polar surface area (TPSA) is 42.0 Å². The average Bonchev–Trinajstić information content (AvgIpc) is 3.09. The highest BCUT2D eigenvalue weighted by Crippen LogP contribution is 2.39. The number of nitrogens with zero attached hydrogens (tertiary/aromatic N) is 1. The number of carbonyl (C=O) groups excluding carboxylic acids is 1. The molecule has 8 heteroatoms. The summed E-state index contributed by atoms with van der Waals surface area (Å²) in [5.74, 6) is -0.363. The second kappa shape index (κ2) is 7.90. The lowest BCUT2D eigenvalue weighted by Crippen LogP contribution is -2.12. The summed E-state index contributed by atoms with van der Waals surface area (Å²) in [6.45, 7) is 0. The number of fused-ring (bicyclic) bond motifs is 1. The second-order valence-electron chi connectivity index (χ2n) is 5.88. The van der Waals surface area contributed by atoms with Gasteiger partial charge in [-0.05, 0) is 42.5 Å². The van der Waals surface area contributed by atoms with Crippen molar-refractivity contribution in [3.8, 4) is 10.6 Å². The molecule has 0 saturated carbocycles. The molecule has 0 saturated heterocycles. The Balaban J connectivity index is 1.70. The SMILES string of the molecule is O=C(Nc1cc(-c2nc3ccccc3s2)c(Cl)cc1Cl)c1ccc(Cl)c(Cl)c1. The van der Waals surface area contributed by atoms with E-state index in [9.17, 15) is 4.79 Å². The van der Waals surface area contributed by atoms with Crippen molar-refractivity contribution < 1.29 is 4.79 Å². The van der Waals surface area contributed by atoms with Gasteiger partial charge in [0.2, 0.25) is 0 Å². The number of anilines is 1. The fourth-order valence-corrected chi connectivity index (χ4v) is 4.50. The molecule has 1 N–H and O–H groups in total. The molecule has 0 aliphatic heterocycles. The van der Waals surface area contributed by atoms with Gasteiger partial charge in [-0.25, -0.2) is 4.98 Å². The van der Waals surface area contributed by atoms with Crippen LogP contribution < -0.4 is 5.32 Å². The van der Waals surface area contributed by atoms with E-state index in [2.05, 4.69) is 10.3 Å². The number of thiazole rings is 1. The maximum absolute atomic E-state index is 12.6. The lowest BCUT2D eigenvalue weighted by Gasteiger charge is -2.11. The van der Waals surface area contributed by atoms with E-state index < -0.39 is 0 Å². The van der Waals surface area contributed by atoms with Gasteiger partial charge in [0.15, 0.2) is 0 Å². The quantitative estimate of drug-likeness (QED) is 0.333. The van der Waals surface area contributed by atoms with Gasteiger partial charge >= 0.3 is 0 Å². The summed E-state index contributed by atoms with van der Waals surface area (Å²) in [4.78, 5) is 17.2. The van der Waals surface area contributed by atoms with Crippen molar-refractivity contribution in [2.45, 2.75) is 0 Å². The molecule has 0 aliphatic rings. The first kappa shape index (κ1) is 19.5. The maximum Gasteiger partial charge on any atom is 0.255 e. The van der Waals surface area contributed by atoms with Crippen LogP contribution in [0.25, 0.3) is 20.8 Å². The molecule has 0 fully saturated rings. The number of benzene rings is 3. The Labute approximate surface area is 184 Å². The number of halogens is 4. The van der Waals surface area contributed by atoms with Crippen LogP contribution in [-0.4, -0.2) is 10.9 Å². The summed E-state index contributed by atoms with van der Waals surface area (Å²) in [7, 11) is 0. The van der Waals surface area contributed by atoms with Crippen molar-refractivity contribution in [1.29, 1.82) is 0 Å². The van der Waals surface area contributed by atoms with Crippen molar-refractivity contribution in [2.24, 2.45) is 0 Å². The molecule has 28 heavy (non-hydrogen) atoms.